The molecule has 3 aromatic heterocycles. The zero-order valence-electron chi connectivity index (χ0n) is 9.79. The van der Waals surface area contributed by atoms with E-state index in [1.54, 1.807) is 24.2 Å². The maximum absolute atomic E-state index is 5.86. The molecule has 0 fully saturated rings. The molecule has 7 heteroatoms. The van der Waals surface area contributed by atoms with Gasteiger partial charge in [-0.3, -0.25) is 10.1 Å². The first-order valence-corrected chi connectivity index (χ1v) is 5.42. The molecule has 0 saturated heterocycles. The molecule has 0 aliphatic carbocycles. The van der Waals surface area contributed by atoms with Crippen molar-refractivity contribution in [2.75, 3.05) is 12.8 Å². The molecule has 3 N–H and O–H groups in total. The Kier molecular flexibility index (Phi) is 2.45. The Morgan fingerprint density at radius 3 is 3.11 bits per heavy atom. The van der Waals surface area contributed by atoms with Gasteiger partial charge in [0.25, 0.3) is 0 Å². The highest BCUT2D eigenvalue weighted by Crippen LogP contribution is 2.24. The number of pyridine rings is 1. The number of anilines is 1. The normalized spacial score (nSPS) is 11.2. The Balaban J connectivity index is 2.24. The molecule has 0 amide bonds. The van der Waals surface area contributed by atoms with E-state index in [9.17, 15) is 0 Å². The van der Waals surface area contributed by atoms with Crippen LogP contribution in [0.15, 0.2) is 24.5 Å². The van der Waals surface area contributed by atoms with Gasteiger partial charge in [0.15, 0.2) is 5.65 Å². The van der Waals surface area contributed by atoms with Crippen LogP contribution in [0.4, 0.5) is 5.82 Å². The van der Waals surface area contributed by atoms with Crippen LogP contribution >= 0.6 is 0 Å². The van der Waals surface area contributed by atoms with Crippen LogP contribution in [0.25, 0.3) is 16.7 Å². The average Bonchev–Trinajstić information content (AvgIpc) is 2.94. The highest BCUT2D eigenvalue weighted by atomic mass is 16.5. The lowest BCUT2D eigenvalue weighted by atomic mass is 10.3. The first-order valence-electron chi connectivity index (χ1n) is 5.42. The predicted molar refractivity (Wildman–Crippen MR) is 66.1 cm³/mol. The molecule has 0 bridgehead atoms. The smallest absolute Gasteiger partial charge is 0.186 e. The average molecular weight is 244 g/mol. The third kappa shape index (κ3) is 1.52. The molecular formula is C11H12N6O. The Morgan fingerprint density at radius 2 is 2.39 bits per heavy atom. The summed E-state index contributed by atoms with van der Waals surface area (Å²) in [6.07, 6.45) is 3.42. The van der Waals surface area contributed by atoms with E-state index in [0.29, 0.717) is 18.1 Å². The molecule has 0 spiro atoms. The molecule has 0 saturated carbocycles. The number of methoxy groups -OCH3 is 1. The van der Waals surface area contributed by atoms with E-state index in [0.717, 1.165) is 16.8 Å². The van der Waals surface area contributed by atoms with Gasteiger partial charge in [0.1, 0.15) is 11.5 Å². The number of nitrogen functional groups attached to an aromatic ring is 1. The summed E-state index contributed by atoms with van der Waals surface area (Å²) < 4.78 is 6.82. The molecule has 0 aliphatic heterocycles. The number of nitrogens with two attached hydrogens (primary N) is 1. The van der Waals surface area contributed by atoms with Crippen molar-refractivity contribution >= 4 is 16.9 Å². The number of fused-ring (bicyclic) bond motifs is 1. The monoisotopic (exact) mass is 244 g/mol. The lowest BCUT2D eigenvalue weighted by Gasteiger charge is -1.99. The van der Waals surface area contributed by atoms with Gasteiger partial charge in [-0.1, -0.05) is 0 Å². The van der Waals surface area contributed by atoms with Crippen molar-refractivity contribution in [1.82, 2.24) is 25.0 Å². The first kappa shape index (κ1) is 10.7. The van der Waals surface area contributed by atoms with Crippen molar-refractivity contribution in [3.8, 4) is 5.69 Å². The molecule has 0 aromatic carbocycles. The standard InChI is InChI=1S/C11H12N6O/c1-18-6-8-9-10(12)14-15-11(9)17(16-8)7-3-2-4-13-5-7/h2-5H,6H2,1H3,(H3,12,14,15). The maximum Gasteiger partial charge on any atom is 0.186 e. The molecule has 3 heterocycles. The van der Waals surface area contributed by atoms with Gasteiger partial charge in [0, 0.05) is 13.3 Å². The summed E-state index contributed by atoms with van der Waals surface area (Å²) in [6.45, 7) is 0.382. The molecule has 18 heavy (non-hydrogen) atoms. The topological polar surface area (TPSA) is 94.6 Å². The molecule has 0 aliphatic rings. The predicted octanol–water partition coefficient (Wildman–Crippen LogP) is 0.872. The second-order valence-electron chi connectivity index (χ2n) is 3.84. The maximum atomic E-state index is 5.86. The summed E-state index contributed by atoms with van der Waals surface area (Å²) in [7, 11) is 1.62. The Labute approximate surface area is 103 Å². The number of aromatic nitrogens is 5. The van der Waals surface area contributed by atoms with Gasteiger partial charge in [0.2, 0.25) is 0 Å². The minimum Gasteiger partial charge on any atom is -0.383 e. The minimum atomic E-state index is 0.382. The van der Waals surface area contributed by atoms with Gasteiger partial charge in [-0.2, -0.15) is 10.2 Å². The third-order valence-electron chi connectivity index (χ3n) is 2.66. The van der Waals surface area contributed by atoms with Gasteiger partial charge < -0.3 is 10.5 Å². The summed E-state index contributed by atoms with van der Waals surface area (Å²) in [6, 6.07) is 3.75. The lowest BCUT2D eigenvalue weighted by Crippen LogP contribution is -1.99. The van der Waals surface area contributed by atoms with Gasteiger partial charge in [-0.15, -0.1) is 0 Å². The molecule has 0 unspecified atom stereocenters. The third-order valence-corrected chi connectivity index (χ3v) is 2.66. The molecule has 0 atom stereocenters. The van der Waals surface area contributed by atoms with E-state index < -0.39 is 0 Å². The fourth-order valence-electron chi connectivity index (χ4n) is 1.90. The lowest BCUT2D eigenvalue weighted by molar-refractivity contribution is 0.182. The van der Waals surface area contributed by atoms with Gasteiger partial charge in [-0.05, 0) is 12.1 Å². The largest absolute Gasteiger partial charge is 0.383 e. The molecule has 3 rings (SSSR count). The molecule has 92 valence electrons. The van der Waals surface area contributed by atoms with Crippen LogP contribution in [0.1, 0.15) is 5.69 Å². The van der Waals surface area contributed by atoms with Crippen molar-refractivity contribution in [3.05, 3.63) is 30.2 Å². The Bertz CT molecular complexity index is 671. The number of ether oxygens (including phenoxy) is 1. The number of rotatable bonds is 3. The van der Waals surface area contributed by atoms with Crippen LogP contribution in [0.5, 0.6) is 0 Å². The number of aromatic amines is 1. The zero-order chi connectivity index (χ0) is 12.5. The van der Waals surface area contributed by atoms with E-state index in [1.165, 1.54) is 0 Å². The van der Waals surface area contributed by atoms with Crippen LogP contribution in [0.3, 0.4) is 0 Å². The fourth-order valence-corrected chi connectivity index (χ4v) is 1.90. The Hall–Kier alpha value is -2.41. The fraction of sp³-hybridized carbons (Fsp3) is 0.182. The van der Waals surface area contributed by atoms with E-state index in [4.69, 9.17) is 10.5 Å². The molecule has 3 aromatic rings. The highest BCUT2D eigenvalue weighted by Gasteiger charge is 2.17. The second kappa shape index (κ2) is 4.11. The summed E-state index contributed by atoms with van der Waals surface area (Å²) in [4.78, 5) is 4.07. The summed E-state index contributed by atoms with van der Waals surface area (Å²) in [5.41, 5.74) is 8.11. The molecule has 0 radical (unpaired) electrons. The van der Waals surface area contributed by atoms with Crippen molar-refractivity contribution < 1.29 is 4.74 Å². The minimum absolute atomic E-state index is 0.382. The van der Waals surface area contributed by atoms with E-state index in [1.807, 2.05) is 12.1 Å². The van der Waals surface area contributed by atoms with Gasteiger partial charge >= 0.3 is 0 Å². The number of nitrogens with zero attached hydrogens (tertiary/aromatic N) is 4. The first-order chi connectivity index (χ1) is 8.81. The van der Waals surface area contributed by atoms with E-state index in [-0.39, 0.29) is 0 Å². The van der Waals surface area contributed by atoms with E-state index in [2.05, 4.69) is 20.3 Å². The highest BCUT2D eigenvalue weighted by molar-refractivity contribution is 5.89. The van der Waals surface area contributed by atoms with Crippen molar-refractivity contribution in [2.24, 2.45) is 0 Å². The van der Waals surface area contributed by atoms with Crippen LogP contribution in [-0.4, -0.2) is 32.1 Å². The van der Waals surface area contributed by atoms with Crippen LogP contribution < -0.4 is 5.73 Å². The van der Waals surface area contributed by atoms with Crippen LogP contribution in [0.2, 0.25) is 0 Å². The summed E-state index contributed by atoms with van der Waals surface area (Å²) >= 11 is 0. The molecular weight excluding hydrogens is 232 g/mol. The van der Waals surface area contributed by atoms with Gasteiger partial charge in [-0.25, -0.2) is 4.68 Å². The van der Waals surface area contributed by atoms with Crippen molar-refractivity contribution in [3.63, 3.8) is 0 Å². The van der Waals surface area contributed by atoms with E-state index >= 15 is 0 Å². The van der Waals surface area contributed by atoms with Crippen molar-refractivity contribution in [2.45, 2.75) is 6.61 Å². The Morgan fingerprint density at radius 1 is 1.50 bits per heavy atom. The van der Waals surface area contributed by atoms with Crippen molar-refractivity contribution in [1.29, 1.82) is 0 Å². The van der Waals surface area contributed by atoms with Crippen LogP contribution in [0, 0.1) is 0 Å². The van der Waals surface area contributed by atoms with Crippen LogP contribution in [-0.2, 0) is 11.3 Å². The quantitative estimate of drug-likeness (QED) is 0.713. The summed E-state index contributed by atoms with van der Waals surface area (Å²) in [5.74, 6) is 0.493. The number of hydrogen-bond acceptors (Lipinski definition) is 5. The second-order valence-corrected chi connectivity index (χ2v) is 3.84. The number of hydrogen-bond donors (Lipinski definition) is 2. The zero-order valence-corrected chi connectivity index (χ0v) is 9.79. The number of nitrogens with one attached hydrogen (secondary N) is 1. The molecule has 7 nitrogen and oxygen atoms in total. The SMILES string of the molecule is COCc1nn(-c2cccnc2)c2n[nH]c(N)c12. The van der Waals surface area contributed by atoms with Gasteiger partial charge in [0.05, 0.1) is 23.9 Å². The number of H-pyrrole nitrogens is 1. The summed E-state index contributed by atoms with van der Waals surface area (Å²) in [5, 5.41) is 12.2.